The van der Waals surface area contributed by atoms with Crippen LogP contribution in [-0.2, 0) is 22.6 Å². The number of methoxy groups -OCH3 is 1. The Morgan fingerprint density at radius 1 is 1.24 bits per heavy atom. The van der Waals surface area contributed by atoms with Crippen molar-refractivity contribution in [1.82, 2.24) is 4.98 Å². The van der Waals surface area contributed by atoms with Crippen molar-refractivity contribution < 1.29 is 28.5 Å². The van der Waals surface area contributed by atoms with E-state index < -0.39 is 0 Å². The number of fused-ring (bicyclic) bond motifs is 1. The molecular formula is C23H23N3O6S. The second-order valence-corrected chi connectivity index (χ2v) is 7.73. The topological polar surface area (TPSA) is 101 Å². The number of carbonyl (C=O) groups excluding carboxylic acids is 1. The molecule has 0 saturated carbocycles. The van der Waals surface area contributed by atoms with Gasteiger partial charge < -0.3 is 23.7 Å². The first-order chi connectivity index (χ1) is 16.1. The van der Waals surface area contributed by atoms with Crippen LogP contribution in [0.3, 0.4) is 0 Å². The largest absolute Gasteiger partial charge is 0.496 e. The molecule has 2 heterocycles. The van der Waals surface area contributed by atoms with Crippen molar-refractivity contribution >= 4 is 28.7 Å². The lowest BCUT2D eigenvalue weighted by molar-refractivity contribution is -0.142. The Morgan fingerprint density at radius 3 is 2.97 bits per heavy atom. The number of nitrogens with zero attached hydrogens (tertiary/aromatic N) is 2. The molecule has 0 fully saturated rings. The Kier molecular flexibility index (Phi) is 7.26. The fraction of sp³-hybridized carbons (Fsp3) is 0.261. The van der Waals surface area contributed by atoms with E-state index in [0.717, 1.165) is 11.1 Å². The van der Waals surface area contributed by atoms with Crippen molar-refractivity contribution in [1.29, 1.82) is 0 Å². The van der Waals surface area contributed by atoms with Crippen molar-refractivity contribution in [3.05, 3.63) is 58.6 Å². The number of anilines is 1. The molecule has 0 radical (unpaired) electrons. The zero-order chi connectivity index (χ0) is 23.0. The molecule has 1 aromatic heterocycles. The highest BCUT2D eigenvalue weighted by molar-refractivity contribution is 7.13. The number of benzene rings is 2. The number of thiazole rings is 1. The summed E-state index contributed by atoms with van der Waals surface area (Å²) in [6.07, 6.45) is 1.82. The van der Waals surface area contributed by atoms with E-state index >= 15 is 0 Å². The van der Waals surface area contributed by atoms with E-state index in [1.807, 2.05) is 30.3 Å². The van der Waals surface area contributed by atoms with Gasteiger partial charge in [-0.05, 0) is 42.8 Å². The third-order valence-corrected chi connectivity index (χ3v) is 5.39. The van der Waals surface area contributed by atoms with Gasteiger partial charge in [0.1, 0.15) is 18.1 Å². The fourth-order valence-electron chi connectivity index (χ4n) is 3.08. The van der Waals surface area contributed by atoms with Crippen LogP contribution in [0.5, 0.6) is 23.0 Å². The first kappa shape index (κ1) is 22.4. The minimum absolute atomic E-state index is 0.140. The maximum absolute atomic E-state index is 11.6. The van der Waals surface area contributed by atoms with E-state index in [9.17, 15) is 4.79 Å². The summed E-state index contributed by atoms with van der Waals surface area (Å²) in [6.45, 7) is 2.65. The summed E-state index contributed by atoms with van der Waals surface area (Å²) in [4.78, 5) is 15.9. The minimum Gasteiger partial charge on any atom is -0.496 e. The summed E-state index contributed by atoms with van der Waals surface area (Å²) in [7, 11) is 1.62. The number of rotatable bonds is 10. The minimum atomic E-state index is -0.299. The zero-order valence-electron chi connectivity index (χ0n) is 18.2. The lowest BCUT2D eigenvalue weighted by Gasteiger charge is -2.11. The van der Waals surface area contributed by atoms with Gasteiger partial charge in [0.05, 0.1) is 32.0 Å². The van der Waals surface area contributed by atoms with Crippen LogP contribution in [0.4, 0.5) is 5.13 Å². The van der Waals surface area contributed by atoms with Gasteiger partial charge in [-0.15, -0.1) is 11.3 Å². The quantitative estimate of drug-likeness (QED) is 0.270. The zero-order valence-corrected chi connectivity index (χ0v) is 19.0. The van der Waals surface area contributed by atoms with Crippen molar-refractivity contribution in [3.8, 4) is 23.0 Å². The lowest BCUT2D eigenvalue weighted by Crippen LogP contribution is -2.07. The first-order valence-corrected chi connectivity index (χ1v) is 11.1. The van der Waals surface area contributed by atoms with Gasteiger partial charge in [0.25, 0.3) is 0 Å². The highest BCUT2D eigenvalue weighted by atomic mass is 32.1. The van der Waals surface area contributed by atoms with Gasteiger partial charge in [0, 0.05) is 17.0 Å². The highest BCUT2D eigenvalue weighted by Crippen LogP contribution is 2.35. The van der Waals surface area contributed by atoms with E-state index in [1.54, 1.807) is 31.7 Å². The number of nitrogens with one attached hydrogen (secondary N) is 1. The van der Waals surface area contributed by atoms with Gasteiger partial charge >= 0.3 is 5.97 Å². The Morgan fingerprint density at radius 2 is 2.12 bits per heavy atom. The van der Waals surface area contributed by atoms with Crippen LogP contribution in [0.25, 0.3) is 0 Å². The van der Waals surface area contributed by atoms with Crippen LogP contribution < -0.4 is 24.4 Å². The molecule has 2 aromatic carbocycles. The van der Waals surface area contributed by atoms with Crippen LogP contribution in [0, 0.1) is 0 Å². The number of aromatic nitrogens is 1. The summed E-state index contributed by atoms with van der Waals surface area (Å²) in [6, 6.07) is 11.1. The predicted molar refractivity (Wildman–Crippen MR) is 124 cm³/mol. The molecule has 0 unspecified atom stereocenters. The normalized spacial score (nSPS) is 12.1. The Balaban J connectivity index is 1.36. The second kappa shape index (κ2) is 10.7. The van der Waals surface area contributed by atoms with E-state index in [2.05, 4.69) is 15.5 Å². The standard InChI is InChI=1S/C23H23N3O6S/c1-3-29-22(27)9-17-13-33-23(25-17)26-24-11-15-4-6-19(28-2)16(8-15)12-30-18-5-7-20-21(10-18)32-14-31-20/h4-8,10-11,13H,3,9,12,14H2,1-2H3,(H,25,26). The van der Waals surface area contributed by atoms with E-state index in [0.29, 0.717) is 47.0 Å². The molecule has 4 rings (SSSR count). The maximum atomic E-state index is 11.6. The average molecular weight is 470 g/mol. The van der Waals surface area contributed by atoms with E-state index in [1.165, 1.54) is 11.3 Å². The molecule has 3 aromatic rings. The van der Waals surface area contributed by atoms with Crippen molar-refractivity contribution in [2.75, 3.05) is 25.9 Å². The molecule has 1 aliphatic rings. The van der Waals surface area contributed by atoms with E-state index in [4.69, 9.17) is 23.7 Å². The van der Waals surface area contributed by atoms with Crippen molar-refractivity contribution in [2.24, 2.45) is 5.10 Å². The Labute approximate surface area is 194 Å². The molecule has 1 N–H and O–H groups in total. The summed E-state index contributed by atoms with van der Waals surface area (Å²) >= 11 is 1.37. The monoisotopic (exact) mass is 469 g/mol. The summed E-state index contributed by atoms with van der Waals surface area (Å²) in [5, 5.41) is 6.63. The number of hydrogen-bond donors (Lipinski definition) is 1. The van der Waals surface area contributed by atoms with Gasteiger partial charge in [-0.1, -0.05) is 0 Å². The second-order valence-electron chi connectivity index (χ2n) is 6.87. The number of hydrazone groups is 1. The van der Waals surface area contributed by atoms with Gasteiger partial charge in [-0.25, -0.2) is 4.98 Å². The van der Waals surface area contributed by atoms with Gasteiger partial charge in [0.15, 0.2) is 11.5 Å². The molecule has 0 atom stereocenters. The lowest BCUT2D eigenvalue weighted by atomic mass is 10.1. The molecule has 0 spiro atoms. The third-order valence-electron chi connectivity index (χ3n) is 4.60. The molecule has 172 valence electrons. The third kappa shape index (κ3) is 5.92. The highest BCUT2D eigenvalue weighted by Gasteiger charge is 2.14. The average Bonchev–Trinajstić information content (AvgIpc) is 3.47. The first-order valence-electron chi connectivity index (χ1n) is 10.2. The van der Waals surface area contributed by atoms with Crippen LogP contribution in [0.1, 0.15) is 23.7 Å². The SMILES string of the molecule is CCOC(=O)Cc1csc(NN=Cc2ccc(OC)c(COc3ccc4c(c3)OCO4)c2)n1. The molecule has 10 heteroatoms. The fourth-order valence-corrected chi connectivity index (χ4v) is 3.74. The number of carbonyl (C=O) groups is 1. The molecule has 0 saturated heterocycles. The molecule has 9 nitrogen and oxygen atoms in total. The smallest absolute Gasteiger partial charge is 0.311 e. The number of hydrogen-bond acceptors (Lipinski definition) is 10. The molecule has 0 amide bonds. The van der Waals surface area contributed by atoms with Crippen LogP contribution in [0.15, 0.2) is 46.9 Å². The van der Waals surface area contributed by atoms with Gasteiger partial charge in [0.2, 0.25) is 11.9 Å². The van der Waals surface area contributed by atoms with E-state index in [-0.39, 0.29) is 19.2 Å². The molecular weight excluding hydrogens is 446 g/mol. The van der Waals surface area contributed by atoms with Crippen molar-refractivity contribution in [2.45, 2.75) is 20.0 Å². The number of ether oxygens (including phenoxy) is 5. The molecule has 0 bridgehead atoms. The predicted octanol–water partition coefficient (Wildman–Crippen LogP) is 4.01. The summed E-state index contributed by atoms with van der Waals surface area (Å²) in [5.41, 5.74) is 5.25. The molecule has 1 aliphatic heterocycles. The van der Waals surface area contributed by atoms with Gasteiger partial charge in [-0.2, -0.15) is 5.10 Å². The summed E-state index contributed by atoms with van der Waals surface area (Å²) < 4.78 is 27.0. The van der Waals surface area contributed by atoms with Crippen LogP contribution in [0.2, 0.25) is 0 Å². The molecule has 33 heavy (non-hydrogen) atoms. The Bertz CT molecular complexity index is 1150. The Hall–Kier alpha value is -3.79. The summed E-state index contributed by atoms with van der Waals surface area (Å²) in [5.74, 6) is 2.46. The van der Waals surface area contributed by atoms with Gasteiger partial charge in [-0.3, -0.25) is 10.2 Å². The van der Waals surface area contributed by atoms with Crippen molar-refractivity contribution in [3.63, 3.8) is 0 Å². The maximum Gasteiger partial charge on any atom is 0.311 e. The van der Waals surface area contributed by atoms with Crippen LogP contribution in [-0.4, -0.2) is 37.7 Å². The molecule has 0 aliphatic carbocycles. The number of esters is 1. The van der Waals surface area contributed by atoms with Crippen LogP contribution >= 0.6 is 11.3 Å².